The first-order valence-electron chi connectivity index (χ1n) is 8.28. The summed E-state index contributed by atoms with van der Waals surface area (Å²) in [5.41, 5.74) is 1.07. The number of amides is 3. The predicted molar refractivity (Wildman–Crippen MR) is 94.8 cm³/mol. The average Bonchev–Trinajstić information content (AvgIpc) is 3.23. The molecule has 1 fully saturated rings. The van der Waals surface area contributed by atoms with Crippen LogP contribution in [-0.4, -0.2) is 22.0 Å². The van der Waals surface area contributed by atoms with E-state index in [0.29, 0.717) is 11.5 Å². The predicted octanol–water partition coefficient (Wildman–Crippen LogP) is 3.31. The number of carbonyl (C=O) groups excluding carboxylic acids is 2. The lowest BCUT2D eigenvalue weighted by Gasteiger charge is -2.21. The highest BCUT2D eigenvalue weighted by atomic mass is 16.5. The van der Waals surface area contributed by atoms with E-state index in [1.165, 1.54) is 4.90 Å². The minimum atomic E-state index is -1.08. The molecule has 2 aromatic carbocycles. The molecule has 1 N–H and O–H groups in total. The van der Waals surface area contributed by atoms with Gasteiger partial charge in [0.15, 0.2) is 5.76 Å². The van der Waals surface area contributed by atoms with Gasteiger partial charge in [-0.25, -0.2) is 4.79 Å². The monoisotopic (exact) mass is 347 g/mol. The van der Waals surface area contributed by atoms with Crippen LogP contribution >= 0.6 is 0 Å². The van der Waals surface area contributed by atoms with Crippen LogP contribution in [0.4, 0.5) is 4.79 Å². The lowest BCUT2D eigenvalue weighted by atomic mass is 9.92. The summed E-state index contributed by atoms with van der Waals surface area (Å²) in [4.78, 5) is 26.5. The van der Waals surface area contributed by atoms with Gasteiger partial charge in [-0.1, -0.05) is 65.8 Å². The Morgan fingerprint density at radius 1 is 1.04 bits per heavy atom. The van der Waals surface area contributed by atoms with Gasteiger partial charge in [0.25, 0.3) is 5.91 Å². The molecule has 0 bridgehead atoms. The van der Waals surface area contributed by atoms with Crippen LogP contribution in [0.5, 0.6) is 0 Å². The molecular formula is C20H17N3O3. The minimum absolute atomic E-state index is 0.0590. The van der Waals surface area contributed by atoms with Crippen molar-refractivity contribution in [2.45, 2.75) is 19.0 Å². The summed E-state index contributed by atoms with van der Waals surface area (Å²) in [7, 11) is 0. The van der Waals surface area contributed by atoms with Gasteiger partial charge in [0.2, 0.25) is 0 Å². The van der Waals surface area contributed by atoms with E-state index in [4.69, 9.17) is 4.52 Å². The minimum Gasteiger partial charge on any atom is -0.356 e. The van der Waals surface area contributed by atoms with Gasteiger partial charge in [0.05, 0.1) is 6.54 Å². The average molecular weight is 347 g/mol. The van der Waals surface area contributed by atoms with Gasteiger partial charge >= 0.3 is 6.03 Å². The Balaban J connectivity index is 1.57. The standard InChI is InChI=1S/C20H17N3O3/c1-20(15-10-6-3-7-11-15)18(24)23(19(25)21-20)13-16-12-17(26-22-16)14-8-4-2-5-9-14/h2-12H,13H2,1H3,(H,21,25)/t20-/m0/s1. The highest BCUT2D eigenvalue weighted by Crippen LogP contribution is 2.30. The Kier molecular flexibility index (Phi) is 3.80. The lowest BCUT2D eigenvalue weighted by molar-refractivity contribution is -0.131. The first-order valence-corrected chi connectivity index (χ1v) is 8.28. The number of aromatic nitrogens is 1. The topological polar surface area (TPSA) is 75.4 Å². The number of nitrogens with zero attached hydrogens (tertiary/aromatic N) is 2. The van der Waals surface area contributed by atoms with Crippen LogP contribution in [0.3, 0.4) is 0 Å². The molecule has 2 heterocycles. The molecule has 1 saturated heterocycles. The largest absolute Gasteiger partial charge is 0.356 e. The van der Waals surface area contributed by atoms with Crippen molar-refractivity contribution in [1.29, 1.82) is 0 Å². The fourth-order valence-electron chi connectivity index (χ4n) is 3.09. The summed E-state index contributed by atoms with van der Waals surface area (Å²) in [6.45, 7) is 1.77. The van der Waals surface area contributed by atoms with Gasteiger partial charge in [-0.2, -0.15) is 0 Å². The van der Waals surface area contributed by atoms with Crippen molar-refractivity contribution in [3.8, 4) is 11.3 Å². The Morgan fingerprint density at radius 2 is 1.69 bits per heavy atom. The molecule has 4 rings (SSSR count). The number of carbonyl (C=O) groups is 2. The van der Waals surface area contributed by atoms with Crippen LogP contribution < -0.4 is 5.32 Å². The Labute approximate surface area is 150 Å². The van der Waals surface area contributed by atoms with Crippen molar-refractivity contribution >= 4 is 11.9 Å². The lowest BCUT2D eigenvalue weighted by Crippen LogP contribution is -2.40. The molecule has 1 aliphatic rings. The molecule has 1 atom stereocenters. The Morgan fingerprint density at radius 3 is 2.38 bits per heavy atom. The van der Waals surface area contributed by atoms with Crippen molar-refractivity contribution in [3.63, 3.8) is 0 Å². The second-order valence-corrected chi connectivity index (χ2v) is 6.36. The van der Waals surface area contributed by atoms with Crippen LogP contribution in [-0.2, 0) is 16.9 Å². The molecular weight excluding hydrogens is 330 g/mol. The van der Waals surface area contributed by atoms with Gasteiger partial charge in [0.1, 0.15) is 11.2 Å². The van der Waals surface area contributed by atoms with Gasteiger partial charge in [0, 0.05) is 11.6 Å². The Hall–Kier alpha value is -3.41. The molecule has 0 radical (unpaired) electrons. The highest BCUT2D eigenvalue weighted by molar-refractivity contribution is 6.07. The molecule has 0 aliphatic carbocycles. The maximum absolute atomic E-state index is 12.9. The van der Waals surface area contributed by atoms with Crippen molar-refractivity contribution < 1.29 is 14.1 Å². The first kappa shape index (κ1) is 16.1. The summed E-state index contributed by atoms with van der Waals surface area (Å²) in [5, 5.41) is 6.78. The second kappa shape index (κ2) is 6.15. The zero-order valence-electron chi connectivity index (χ0n) is 14.2. The third kappa shape index (κ3) is 2.65. The molecule has 3 aromatic rings. The van der Waals surface area contributed by atoms with Crippen molar-refractivity contribution in [3.05, 3.63) is 78.0 Å². The zero-order valence-corrected chi connectivity index (χ0v) is 14.2. The molecule has 0 saturated carbocycles. The van der Waals surface area contributed by atoms with Crippen LogP contribution in [0.25, 0.3) is 11.3 Å². The van der Waals surface area contributed by atoms with E-state index in [9.17, 15) is 9.59 Å². The Bertz CT molecular complexity index is 953. The summed E-state index contributed by atoms with van der Waals surface area (Å²) in [6, 6.07) is 20.0. The first-order chi connectivity index (χ1) is 12.6. The van der Waals surface area contributed by atoms with E-state index in [0.717, 1.165) is 11.1 Å². The summed E-state index contributed by atoms with van der Waals surface area (Å²) in [6.07, 6.45) is 0. The third-order valence-electron chi connectivity index (χ3n) is 4.56. The van der Waals surface area contributed by atoms with Crippen molar-refractivity contribution in [1.82, 2.24) is 15.4 Å². The number of imide groups is 1. The van der Waals surface area contributed by atoms with Gasteiger partial charge in [-0.3, -0.25) is 9.69 Å². The van der Waals surface area contributed by atoms with Crippen LogP contribution in [0, 0.1) is 0 Å². The molecule has 26 heavy (non-hydrogen) atoms. The van der Waals surface area contributed by atoms with Crippen LogP contribution in [0.2, 0.25) is 0 Å². The molecule has 1 aliphatic heterocycles. The molecule has 6 nitrogen and oxygen atoms in total. The maximum atomic E-state index is 12.9. The molecule has 1 aromatic heterocycles. The molecule has 6 heteroatoms. The van der Waals surface area contributed by atoms with E-state index in [2.05, 4.69) is 10.5 Å². The summed E-state index contributed by atoms with van der Waals surface area (Å²) < 4.78 is 5.35. The summed E-state index contributed by atoms with van der Waals surface area (Å²) in [5.74, 6) is 0.288. The van der Waals surface area contributed by atoms with E-state index < -0.39 is 11.6 Å². The quantitative estimate of drug-likeness (QED) is 0.735. The summed E-state index contributed by atoms with van der Waals surface area (Å²) >= 11 is 0. The van der Waals surface area contributed by atoms with E-state index in [-0.39, 0.29) is 12.5 Å². The second-order valence-electron chi connectivity index (χ2n) is 6.36. The highest BCUT2D eigenvalue weighted by Gasteiger charge is 2.49. The molecule has 0 spiro atoms. The van der Waals surface area contributed by atoms with Gasteiger partial charge < -0.3 is 9.84 Å². The van der Waals surface area contributed by atoms with E-state index in [1.54, 1.807) is 13.0 Å². The normalized spacial score (nSPS) is 19.7. The number of hydrogen-bond donors (Lipinski definition) is 1. The molecule has 0 unspecified atom stereocenters. The van der Waals surface area contributed by atoms with Crippen molar-refractivity contribution in [2.75, 3.05) is 0 Å². The third-order valence-corrected chi connectivity index (χ3v) is 4.56. The van der Waals surface area contributed by atoms with E-state index >= 15 is 0 Å². The van der Waals surface area contributed by atoms with Crippen LogP contribution in [0.15, 0.2) is 71.3 Å². The zero-order chi connectivity index (χ0) is 18.1. The fraction of sp³-hybridized carbons (Fsp3) is 0.150. The number of urea groups is 1. The number of hydrogen-bond acceptors (Lipinski definition) is 4. The fourth-order valence-corrected chi connectivity index (χ4v) is 3.09. The number of nitrogens with one attached hydrogen (secondary N) is 1. The SMILES string of the molecule is C[C@@]1(c2ccccc2)NC(=O)N(Cc2cc(-c3ccccc3)on2)C1=O. The van der Waals surface area contributed by atoms with Gasteiger partial charge in [-0.05, 0) is 12.5 Å². The van der Waals surface area contributed by atoms with Gasteiger partial charge in [-0.15, -0.1) is 0 Å². The number of benzene rings is 2. The smallest absolute Gasteiger partial charge is 0.325 e. The number of rotatable bonds is 4. The van der Waals surface area contributed by atoms with E-state index in [1.807, 2.05) is 60.7 Å². The maximum Gasteiger partial charge on any atom is 0.325 e. The van der Waals surface area contributed by atoms with Crippen molar-refractivity contribution in [2.24, 2.45) is 0 Å². The molecule has 3 amide bonds. The van der Waals surface area contributed by atoms with Crippen LogP contribution in [0.1, 0.15) is 18.2 Å². The molecule has 130 valence electrons.